The molecule has 22 heavy (non-hydrogen) atoms. The van der Waals surface area contributed by atoms with Gasteiger partial charge >= 0.3 is 6.18 Å². The third-order valence-corrected chi connectivity index (χ3v) is 3.41. The van der Waals surface area contributed by atoms with Gasteiger partial charge in [-0.15, -0.1) is 0 Å². The molecule has 3 aromatic rings. The Labute approximate surface area is 125 Å². The zero-order valence-electron chi connectivity index (χ0n) is 11.5. The third kappa shape index (κ3) is 2.86. The maximum atomic E-state index is 13.5. The number of hydrogen-bond acceptors (Lipinski definition) is 1. The van der Waals surface area contributed by atoms with Crippen molar-refractivity contribution in [2.75, 3.05) is 0 Å². The number of fused-ring (bicyclic) bond motifs is 1. The summed E-state index contributed by atoms with van der Waals surface area (Å²) in [6.07, 6.45) is 1.94. The second kappa shape index (κ2) is 5.64. The van der Waals surface area contributed by atoms with Crippen LogP contribution in [0, 0.1) is 0 Å². The molecule has 0 radical (unpaired) electrons. The second-order valence-corrected chi connectivity index (χ2v) is 4.86. The number of pyridine rings is 1. The molecule has 1 heterocycles. The smallest absolute Gasteiger partial charge is 0.265 e. The average Bonchev–Trinajstić information content (AvgIpc) is 2.52. The minimum Gasteiger partial charge on any atom is -0.265 e. The number of alkyl halides is 3. The van der Waals surface area contributed by atoms with E-state index in [1.807, 2.05) is 0 Å². The Morgan fingerprint density at radius 1 is 0.818 bits per heavy atom. The van der Waals surface area contributed by atoms with Gasteiger partial charge in [-0.3, -0.25) is 4.98 Å². The molecule has 4 heteroatoms. The van der Waals surface area contributed by atoms with Crippen molar-refractivity contribution in [1.29, 1.82) is 0 Å². The van der Waals surface area contributed by atoms with E-state index < -0.39 is 11.7 Å². The fourth-order valence-electron chi connectivity index (χ4n) is 2.40. The highest BCUT2D eigenvalue weighted by Gasteiger charge is 2.34. The minimum absolute atomic E-state index is 0.156. The molecule has 0 aliphatic rings. The SMILES string of the molecule is FC(F)(F)c1c(C=Cc2ccncc2)ccc2ccccc12. The Hall–Kier alpha value is -2.62. The standard InChI is InChI=1S/C18H12F3N/c19-18(20,21)17-15(6-5-13-9-11-22-12-10-13)8-7-14-3-1-2-4-16(14)17/h1-12H. The Balaban J connectivity index is 2.15. The lowest BCUT2D eigenvalue weighted by atomic mass is 9.97. The summed E-state index contributed by atoms with van der Waals surface area (Å²) in [7, 11) is 0. The van der Waals surface area contributed by atoms with Crippen LogP contribution in [0.25, 0.3) is 22.9 Å². The van der Waals surface area contributed by atoms with E-state index >= 15 is 0 Å². The van der Waals surface area contributed by atoms with Gasteiger partial charge in [-0.25, -0.2) is 0 Å². The first-order chi connectivity index (χ1) is 10.6. The summed E-state index contributed by atoms with van der Waals surface area (Å²) in [6, 6.07) is 13.2. The van der Waals surface area contributed by atoms with Gasteiger partial charge in [0, 0.05) is 12.4 Å². The number of benzene rings is 2. The van der Waals surface area contributed by atoms with E-state index in [2.05, 4.69) is 4.98 Å². The summed E-state index contributed by atoms with van der Waals surface area (Å²) in [4.78, 5) is 3.88. The molecule has 0 atom stereocenters. The largest absolute Gasteiger partial charge is 0.417 e. The van der Waals surface area contributed by atoms with Crippen molar-refractivity contribution in [3.05, 3.63) is 77.6 Å². The quantitative estimate of drug-likeness (QED) is 0.615. The van der Waals surface area contributed by atoms with E-state index in [0.717, 1.165) is 5.56 Å². The van der Waals surface area contributed by atoms with Gasteiger partial charge in [0.05, 0.1) is 5.56 Å². The molecule has 3 rings (SSSR count). The van der Waals surface area contributed by atoms with Crippen LogP contribution in [-0.2, 0) is 6.18 Å². The molecule has 1 aromatic heterocycles. The van der Waals surface area contributed by atoms with Crippen LogP contribution in [0.15, 0.2) is 60.9 Å². The molecule has 0 saturated carbocycles. The van der Waals surface area contributed by atoms with Crippen molar-refractivity contribution >= 4 is 22.9 Å². The van der Waals surface area contributed by atoms with Crippen molar-refractivity contribution in [1.82, 2.24) is 4.98 Å². The summed E-state index contributed by atoms with van der Waals surface area (Å²) in [5.41, 5.74) is 0.357. The Morgan fingerprint density at radius 3 is 2.27 bits per heavy atom. The van der Waals surface area contributed by atoms with Gasteiger partial charge in [-0.1, -0.05) is 48.6 Å². The van der Waals surface area contributed by atoms with E-state index in [-0.39, 0.29) is 10.9 Å². The third-order valence-electron chi connectivity index (χ3n) is 3.41. The molecule has 0 aliphatic heterocycles. The van der Waals surface area contributed by atoms with E-state index in [1.54, 1.807) is 54.9 Å². The van der Waals surface area contributed by atoms with Gasteiger partial charge < -0.3 is 0 Å². The molecular weight excluding hydrogens is 287 g/mol. The molecule has 0 fully saturated rings. The molecule has 0 bridgehead atoms. The lowest BCUT2D eigenvalue weighted by Gasteiger charge is -2.14. The minimum atomic E-state index is -4.40. The second-order valence-electron chi connectivity index (χ2n) is 4.86. The highest BCUT2D eigenvalue weighted by Crippen LogP contribution is 2.38. The van der Waals surface area contributed by atoms with Gasteiger partial charge in [0.25, 0.3) is 0 Å². The first kappa shape index (κ1) is 14.3. The molecule has 0 N–H and O–H groups in total. The molecular formula is C18H12F3N. The normalized spacial score (nSPS) is 12.1. The molecule has 0 unspecified atom stereocenters. The summed E-state index contributed by atoms with van der Waals surface area (Å²) in [5.74, 6) is 0. The zero-order chi connectivity index (χ0) is 15.6. The fraction of sp³-hybridized carbons (Fsp3) is 0.0556. The number of nitrogens with zero attached hydrogens (tertiary/aromatic N) is 1. The van der Waals surface area contributed by atoms with Crippen molar-refractivity contribution in [3.63, 3.8) is 0 Å². The highest BCUT2D eigenvalue weighted by atomic mass is 19.4. The van der Waals surface area contributed by atoms with Crippen molar-refractivity contribution in [2.45, 2.75) is 6.18 Å². The predicted octanol–water partition coefficient (Wildman–Crippen LogP) is 5.42. The lowest BCUT2D eigenvalue weighted by molar-refractivity contribution is -0.136. The van der Waals surface area contributed by atoms with Crippen LogP contribution < -0.4 is 0 Å². The van der Waals surface area contributed by atoms with Crippen LogP contribution in [-0.4, -0.2) is 4.98 Å². The average molecular weight is 299 g/mol. The Morgan fingerprint density at radius 2 is 1.55 bits per heavy atom. The Bertz CT molecular complexity index is 821. The monoisotopic (exact) mass is 299 g/mol. The van der Waals surface area contributed by atoms with Crippen molar-refractivity contribution in [3.8, 4) is 0 Å². The van der Waals surface area contributed by atoms with Crippen molar-refractivity contribution in [2.24, 2.45) is 0 Å². The van der Waals surface area contributed by atoms with Gasteiger partial charge in [0.15, 0.2) is 0 Å². The van der Waals surface area contributed by atoms with Crippen molar-refractivity contribution < 1.29 is 13.2 Å². The summed E-state index contributed by atoms with van der Waals surface area (Å²) in [6.45, 7) is 0. The van der Waals surface area contributed by atoms with Gasteiger partial charge in [0.2, 0.25) is 0 Å². The van der Waals surface area contributed by atoms with Crippen LogP contribution in [0.5, 0.6) is 0 Å². The van der Waals surface area contributed by atoms with E-state index in [9.17, 15) is 13.2 Å². The molecule has 0 saturated heterocycles. The lowest BCUT2D eigenvalue weighted by Crippen LogP contribution is -2.08. The van der Waals surface area contributed by atoms with E-state index in [1.165, 1.54) is 18.2 Å². The molecule has 0 amide bonds. The van der Waals surface area contributed by atoms with Gasteiger partial charge in [0.1, 0.15) is 0 Å². The van der Waals surface area contributed by atoms with Crippen LogP contribution in [0.3, 0.4) is 0 Å². The first-order valence-electron chi connectivity index (χ1n) is 6.73. The molecule has 1 nitrogen and oxygen atoms in total. The highest BCUT2D eigenvalue weighted by molar-refractivity contribution is 5.90. The molecule has 0 spiro atoms. The summed E-state index contributed by atoms with van der Waals surface area (Å²) < 4.78 is 40.4. The zero-order valence-corrected chi connectivity index (χ0v) is 11.5. The maximum absolute atomic E-state index is 13.5. The van der Waals surface area contributed by atoms with Gasteiger partial charge in [-0.05, 0) is 34.0 Å². The summed E-state index contributed by atoms with van der Waals surface area (Å²) in [5, 5.41) is 0.794. The number of aromatic nitrogens is 1. The molecule has 0 aliphatic carbocycles. The number of rotatable bonds is 2. The molecule has 2 aromatic carbocycles. The van der Waals surface area contributed by atoms with E-state index in [0.29, 0.717) is 5.39 Å². The predicted molar refractivity (Wildman–Crippen MR) is 82.1 cm³/mol. The topological polar surface area (TPSA) is 12.9 Å². The van der Waals surface area contributed by atoms with Crippen LogP contribution >= 0.6 is 0 Å². The first-order valence-corrected chi connectivity index (χ1v) is 6.73. The van der Waals surface area contributed by atoms with Crippen LogP contribution in [0.2, 0.25) is 0 Å². The summed E-state index contributed by atoms with van der Waals surface area (Å²) >= 11 is 0. The fourth-order valence-corrected chi connectivity index (χ4v) is 2.40. The number of halogens is 3. The van der Waals surface area contributed by atoms with Crippen LogP contribution in [0.1, 0.15) is 16.7 Å². The van der Waals surface area contributed by atoms with Gasteiger partial charge in [-0.2, -0.15) is 13.2 Å². The Kier molecular flexibility index (Phi) is 3.67. The maximum Gasteiger partial charge on any atom is 0.417 e. The number of hydrogen-bond donors (Lipinski definition) is 0. The molecule has 110 valence electrons. The van der Waals surface area contributed by atoms with Crippen LogP contribution in [0.4, 0.5) is 13.2 Å². The van der Waals surface area contributed by atoms with E-state index in [4.69, 9.17) is 0 Å².